The Balaban J connectivity index is 2.34. The average molecular weight is 268 g/mol. The van der Waals surface area contributed by atoms with Gasteiger partial charge in [0.15, 0.2) is 0 Å². The van der Waals surface area contributed by atoms with Gasteiger partial charge in [-0.1, -0.05) is 43.3 Å². The van der Waals surface area contributed by atoms with Crippen molar-refractivity contribution in [1.82, 2.24) is 0 Å². The number of nitrogens with two attached hydrogens (primary N) is 1. The molecule has 2 rings (SSSR count). The highest BCUT2D eigenvalue weighted by Gasteiger charge is 2.19. The van der Waals surface area contributed by atoms with Crippen molar-refractivity contribution in [1.29, 1.82) is 0 Å². The first-order valence-electron chi connectivity index (χ1n) is 6.82. The molecule has 1 amide bonds. The maximum absolute atomic E-state index is 11.8. The van der Waals surface area contributed by atoms with Crippen LogP contribution in [-0.4, -0.2) is 5.91 Å². The summed E-state index contributed by atoms with van der Waals surface area (Å²) in [5, 5.41) is 3.24. The van der Waals surface area contributed by atoms with E-state index in [1.54, 1.807) is 0 Å². The van der Waals surface area contributed by atoms with Gasteiger partial charge in [-0.05, 0) is 42.2 Å². The van der Waals surface area contributed by atoms with E-state index in [2.05, 4.69) is 12.2 Å². The second kappa shape index (κ2) is 6.24. The van der Waals surface area contributed by atoms with Crippen LogP contribution in [0.3, 0.4) is 0 Å². The number of nitrogens with one attached hydrogen (secondary N) is 1. The van der Waals surface area contributed by atoms with Gasteiger partial charge in [0.05, 0.1) is 0 Å². The first kappa shape index (κ1) is 14.1. The van der Waals surface area contributed by atoms with E-state index in [-0.39, 0.29) is 5.91 Å². The molecule has 3 heteroatoms. The van der Waals surface area contributed by atoms with Crippen LogP contribution in [0.5, 0.6) is 0 Å². The van der Waals surface area contributed by atoms with Crippen LogP contribution < -0.4 is 11.1 Å². The minimum atomic E-state index is -0.507. The van der Waals surface area contributed by atoms with Gasteiger partial charge in [-0.2, -0.15) is 0 Å². The number of anilines is 1. The van der Waals surface area contributed by atoms with Crippen LogP contribution in [0.15, 0.2) is 48.5 Å². The third-order valence-electron chi connectivity index (χ3n) is 3.36. The van der Waals surface area contributed by atoms with Crippen LogP contribution in [0, 0.1) is 6.92 Å². The van der Waals surface area contributed by atoms with Gasteiger partial charge in [0.2, 0.25) is 5.91 Å². The molecule has 20 heavy (non-hydrogen) atoms. The highest BCUT2D eigenvalue weighted by molar-refractivity contribution is 5.85. The molecule has 104 valence electrons. The lowest BCUT2D eigenvalue weighted by Gasteiger charge is -2.20. The zero-order chi connectivity index (χ0) is 14.5. The molecule has 0 aliphatic rings. The molecule has 0 saturated heterocycles. The normalized spacial score (nSPS) is 11.9. The van der Waals surface area contributed by atoms with Crippen molar-refractivity contribution in [3.8, 4) is 0 Å². The Hall–Kier alpha value is -2.29. The lowest BCUT2D eigenvalue weighted by atomic mass is 9.98. The van der Waals surface area contributed by atoms with E-state index >= 15 is 0 Å². The maximum Gasteiger partial charge on any atom is 0.244 e. The third-order valence-corrected chi connectivity index (χ3v) is 3.36. The molecule has 1 unspecified atom stereocenters. The number of amides is 1. The fourth-order valence-corrected chi connectivity index (χ4v) is 2.34. The monoisotopic (exact) mass is 268 g/mol. The van der Waals surface area contributed by atoms with Crippen molar-refractivity contribution < 1.29 is 4.79 Å². The molecule has 0 fully saturated rings. The standard InChI is InChI=1S/C17H20N2O/c1-3-13-8-4-5-10-15(13)16(17(18)20)19-14-9-6-7-12(2)11-14/h4-11,16,19H,3H2,1-2H3,(H2,18,20). The van der Waals surface area contributed by atoms with Crippen molar-refractivity contribution >= 4 is 11.6 Å². The zero-order valence-electron chi connectivity index (χ0n) is 11.9. The first-order valence-corrected chi connectivity index (χ1v) is 6.82. The van der Waals surface area contributed by atoms with Gasteiger partial charge in [0, 0.05) is 5.69 Å². The van der Waals surface area contributed by atoms with Gasteiger partial charge in [0.1, 0.15) is 6.04 Å². The van der Waals surface area contributed by atoms with Crippen molar-refractivity contribution in [3.63, 3.8) is 0 Å². The Labute approximate surface area is 119 Å². The van der Waals surface area contributed by atoms with Crippen molar-refractivity contribution in [2.24, 2.45) is 5.73 Å². The summed E-state index contributed by atoms with van der Waals surface area (Å²) in [5.74, 6) is -0.368. The minimum absolute atomic E-state index is 0.368. The zero-order valence-corrected chi connectivity index (χ0v) is 11.9. The van der Waals surface area contributed by atoms with Crippen molar-refractivity contribution in [3.05, 3.63) is 65.2 Å². The number of primary amides is 1. The first-order chi connectivity index (χ1) is 9.61. The van der Waals surface area contributed by atoms with Gasteiger partial charge in [-0.15, -0.1) is 0 Å². The van der Waals surface area contributed by atoms with E-state index in [1.165, 1.54) is 0 Å². The number of aryl methyl sites for hydroxylation is 2. The predicted molar refractivity (Wildman–Crippen MR) is 82.6 cm³/mol. The maximum atomic E-state index is 11.8. The Bertz CT molecular complexity index is 607. The van der Waals surface area contributed by atoms with Crippen LogP contribution in [-0.2, 0) is 11.2 Å². The van der Waals surface area contributed by atoms with E-state index < -0.39 is 6.04 Å². The molecule has 0 spiro atoms. The summed E-state index contributed by atoms with van der Waals surface area (Å²) in [5.41, 5.74) is 9.70. The van der Waals surface area contributed by atoms with Gasteiger partial charge in [-0.3, -0.25) is 4.79 Å². The molecule has 0 aliphatic carbocycles. The smallest absolute Gasteiger partial charge is 0.244 e. The molecule has 0 radical (unpaired) electrons. The summed E-state index contributed by atoms with van der Waals surface area (Å²) < 4.78 is 0. The van der Waals surface area contributed by atoms with Crippen LogP contribution >= 0.6 is 0 Å². The number of carbonyl (C=O) groups excluding carboxylic acids is 1. The summed E-state index contributed by atoms with van der Waals surface area (Å²) >= 11 is 0. The van der Waals surface area contributed by atoms with Crippen LogP contribution in [0.4, 0.5) is 5.69 Å². The molecule has 0 saturated carbocycles. The summed E-state index contributed by atoms with van der Waals surface area (Å²) in [7, 11) is 0. The topological polar surface area (TPSA) is 55.1 Å². The molecule has 1 atom stereocenters. The highest BCUT2D eigenvalue weighted by Crippen LogP contribution is 2.23. The van der Waals surface area contributed by atoms with Gasteiger partial charge < -0.3 is 11.1 Å². The second-order valence-corrected chi connectivity index (χ2v) is 4.90. The van der Waals surface area contributed by atoms with Crippen molar-refractivity contribution in [2.45, 2.75) is 26.3 Å². The molecule has 0 aromatic heterocycles. The molecular formula is C17H20N2O. The predicted octanol–water partition coefficient (Wildman–Crippen LogP) is 3.20. The summed E-state index contributed by atoms with van der Waals surface area (Å²) in [6.07, 6.45) is 0.870. The SMILES string of the molecule is CCc1ccccc1C(Nc1cccc(C)c1)C(N)=O. The summed E-state index contributed by atoms with van der Waals surface area (Å²) in [4.78, 5) is 11.8. The largest absolute Gasteiger partial charge is 0.370 e. The van der Waals surface area contributed by atoms with Crippen LogP contribution in [0.25, 0.3) is 0 Å². The van der Waals surface area contributed by atoms with Crippen LogP contribution in [0.1, 0.15) is 29.7 Å². The fraction of sp³-hybridized carbons (Fsp3) is 0.235. The lowest BCUT2D eigenvalue weighted by Crippen LogP contribution is -2.28. The summed E-state index contributed by atoms with van der Waals surface area (Å²) in [6, 6.07) is 15.3. The average Bonchev–Trinajstić information content (AvgIpc) is 2.44. The molecule has 3 nitrogen and oxygen atoms in total. The lowest BCUT2D eigenvalue weighted by molar-refractivity contribution is -0.118. The molecule has 0 aliphatic heterocycles. The molecular weight excluding hydrogens is 248 g/mol. The highest BCUT2D eigenvalue weighted by atomic mass is 16.1. The Morgan fingerprint density at radius 2 is 1.95 bits per heavy atom. The minimum Gasteiger partial charge on any atom is -0.370 e. The number of rotatable bonds is 5. The molecule has 0 bridgehead atoms. The van der Waals surface area contributed by atoms with E-state index in [9.17, 15) is 4.79 Å². The number of hydrogen-bond acceptors (Lipinski definition) is 2. The van der Waals surface area contributed by atoms with Gasteiger partial charge >= 0.3 is 0 Å². The van der Waals surface area contributed by atoms with Gasteiger partial charge in [0.25, 0.3) is 0 Å². The van der Waals surface area contributed by atoms with Crippen LogP contribution in [0.2, 0.25) is 0 Å². The molecule has 0 heterocycles. The quantitative estimate of drug-likeness (QED) is 0.875. The fourth-order valence-electron chi connectivity index (χ4n) is 2.34. The summed E-state index contributed by atoms with van der Waals surface area (Å²) in [6.45, 7) is 4.09. The van der Waals surface area contributed by atoms with E-state index in [0.29, 0.717) is 0 Å². The Morgan fingerprint density at radius 1 is 1.20 bits per heavy atom. The molecule has 2 aromatic rings. The third kappa shape index (κ3) is 3.18. The van der Waals surface area contributed by atoms with Gasteiger partial charge in [-0.25, -0.2) is 0 Å². The van der Waals surface area contributed by atoms with E-state index in [4.69, 9.17) is 5.73 Å². The van der Waals surface area contributed by atoms with Crippen molar-refractivity contribution in [2.75, 3.05) is 5.32 Å². The molecule has 3 N–H and O–H groups in total. The second-order valence-electron chi connectivity index (χ2n) is 4.90. The molecule has 2 aromatic carbocycles. The Kier molecular flexibility index (Phi) is 4.41. The number of hydrogen-bond donors (Lipinski definition) is 2. The number of carbonyl (C=O) groups is 1. The van der Waals surface area contributed by atoms with E-state index in [1.807, 2.05) is 55.5 Å². The van der Waals surface area contributed by atoms with E-state index in [0.717, 1.165) is 28.8 Å². The number of benzene rings is 2. The Morgan fingerprint density at radius 3 is 2.60 bits per heavy atom.